The molecule has 2 aromatic rings. The van der Waals surface area contributed by atoms with Gasteiger partial charge in [0.25, 0.3) is 0 Å². The molecule has 1 aromatic heterocycles. The van der Waals surface area contributed by atoms with Gasteiger partial charge in [0.1, 0.15) is 17.6 Å². The van der Waals surface area contributed by atoms with Crippen molar-refractivity contribution < 1.29 is 18.7 Å². The van der Waals surface area contributed by atoms with E-state index in [0.717, 1.165) is 0 Å². The van der Waals surface area contributed by atoms with Crippen molar-refractivity contribution in [1.82, 2.24) is 10.6 Å². The first-order chi connectivity index (χ1) is 12.1. The normalized spacial score (nSPS) is 11.8. The number of amides is 2. The van der Waals surface area contributed by atoms with Crippen molar-refractivity contribution in [3.63, 3.8) is 0 Å². The van der Waals surface area contributed by atoms with Gasteiger partial charge in [-0.1, -0.05) is 32.0 Å². The maximum Gasteiger partial charge on any atom is 0.243 e. The van der Waals surface area contributed by atoms with Gasteiger partial charge in [-0.15, -0.1) is 0 Å². The van der Waals surface area contributed by atoms with E-state index in [9.17, 15) is 9.59 Å². The maximum absolute atomic E-state index is 12.3. The second-order valence-corrected chi connectivity index (χ2v) is 6.00. The molecule has 6 heteroatoms. The summed E-state index contributed by atoms with van der Waals surface area (Å²) in [6, 6.07) is 12.2. The van der Waals surface area contributed by atoms with Crippen LogP contribution in [0.3, 0.4) is 0 Å². The van der Waals surface area contributed by atoms with Crippen LogP contribution in [-0.2, 0) is 16.1 Å². The molecule has 0 fully saturated rings. The minimum Gasteiger partial charge on any atom is -0.493 e. The molecule has 1 aromatic carbocycles. The second kappa shape index (κ2) is 9.52. The molecule has 1 heterocycles. The maximum atomic E-state index is 12.3. The minimum absolute atomic E-state index is 0.0319. The summed E-state index contributed by atoms with van der Waals surface area (Å²) in [5, 5.41) is 5.55. The topological polar surface area (TPSA) is 80.6 Å². The zero-order chi connectivity index (χ0) is 18.1. The van der Waals surface area contributed by atoms with Gasteiger partial charge in [0.15, 0.2) is 0 Å². The third-order valence-electron chi connectivity index (χ3n) is 3.62. The largest absolute Gasteiger partial charge is 0.493 e. The van der Waals surface area contributed by atoms with E-state index >= 15 is 0 Å². The molecule has 134 valence electrons. The Balaban J connectivity index is 1.77. The highest BCUT2D eigenvalue weighted by atomic mass is 16.5. The number of hydrogen-bond acceptors (Lipinski definition) is 4. The second-order valence-electron chi connectivity index (χ2n) is 6.00. The standard InChI is InChI=1S/C19H24N2O4/c1-14(2)18(19(23)20-13-16-9-6-11-24-16)21-17(22)10-12-25-15-7-4-3-5-8-15/h3-9,11,14,18H,10,12-13H2,1-2H3,(H,20,23)(H,21,22)/t18-/m0/s1. The predicted molar refractivity (Wildman–Crippen MR) is 93.9 cm³/mol. The van der Waals surface area contributed by atoms with E-state index in [1.165, 1.54) is 0 Å². The molecule has 0 bridgehead atoms. The number of ether oxygens (including phenoxy) is 1. The highest BCUT2D eigenvalue weighted by molar-refractivity contribution is 5.87. The van der Waals surface area contributed by atoms with Gasteiger partial charge >= 0.3 is 0 Å². The van der Waals surface area contributed by atoms with E-state index in [-0.39, 0.29) is 30.8 Å². The number of nitrogens with one attached hydrogen (secondary N) is 2. The first-order valence-corrected chi connectivity index (χ1v) is 8.33. The molecule has 1 atom stereocenters. The molecule has 0 aliphatic heterocycles. The van der Waals surface area contributed by atoms with Crippen LogP contribution in [0.5, 0.6) is 5.75 Å². The fourth-order valence-corrected chi connectivity index (χ4v) is 2.26. The Labute approximate surface area is 147 Å². The SMILES string of the molecule is CC(C)[C@H](NC(=O)CCOc1ccccc1)C(=O)NCc1ccco1. The van der Waals surface area contributed by atoms with Gasteiger partial charge in [0.05, 0.1) is 25.8 Å². The molecule has 0 radical (unpaired) electrons. The van der Waals surface area contributed by atoms with E-state index in [4.69, 9.17) is 9.15 Å². The van der Waals surface area contributed by atoms with Crippen LogP contribution < -0.4 is 15.4 Å². The number of carbonyl (C=O) groups excluding carboxylic acids is 2. The lowest BCUT2D eigenvalue weighted by Gasteiger charge is -2.21. The highest BCUT2D eigenvalue weighted by Gasteiger charge is 2.24. The zero-order valence-corrected chi connectivity index (χ0v) is 14.5. The third-order valence-corrected chi connectivity index (χ3v) is 3.62. The quantitative estimate of drug-likeness (QED) is 0.732. The molecule has 25 heavy (non-hydrogen) atoms. The summed E-state index contributed by atoms with van der Waals surface area (Å²) < 4.78 is 10.7. The van der Waals surface area contributed by atoms with Crippen LogP contribution in [-0.4, -0.2) is 24.5 Å². The lowest BCUT2D eigenvalue weighted by atomic mass is 10.0. The summed E-state index contributed by atoms with van der Waals surface area (Å²) in [5.74, 6) is 0.896. The fourth-order valence-electron chi connectivity index (χ4n) is 2.26. The summed E-state index contributed by atoms with van der Waals surface area (Å²) in [5.41, 5.74) is 0. The summed E-state index contributed by atoms with van der Waals surface area (Å²) in [6.07, 6.45) is 1.74. The molecular formula is C19H24N2O4. The van der Waals surface area contributed by atoms with E-state index in [1.807, 2.05) is 44.2 Å². The Hall–Kier alpha value is -2.76. The molecule has 0 aliphatic rings. The number of hydrogen-bond donors (Lipinski definition) is 2. The van der Waals surface area contributed by atoms with Crippen LogP contribution >= 0.6 is 0 Å². The van der Waals surface area contributed by atoms with Gasteiger partial charge in [-0.25, -0.2) is 0 Å². The van der Waals surface area contributed by atoms with Crippen LogP contribution in [0.15, 0.2) is 53.1 Å². The molecule has 0 unspecified atom stereocenters. The lowest BCUT2D eigenvalue weighted by molar-refractivity contribution is -0.130. The van der Waals surface area contributed by atoms with E-state index in [0.29, 0.717) is 18.1 Å². The Morgan fingerprint density at radius 3 is 2.52 bits per heavy atom. The van der Waals surface area contributed by atoms with Crippen molar-refractivity contribution in [2.24, 2.45) is 5.92 Å². The summed E-state index contributed by atoms with van der Waals surface area (Å²) in [6.45, 7) is 4.33. The van der Waals surface area contributed by atoms with Crippen molar-refractivity contribution in [2.45, 2.75) is 32.9 Å². The number of para-hydroxylation sites is 1. The molecule has 0 aliphatic carbocycles. The molecule has 2 amide bonds. The molecule has 2 rings (SSSR count). The lowest BCUT2D eigenvalue weighted by Crippen LogP contribution is -2.49. The molecular weight excluding hydrogens is 320 g/mol. The van der Waals surface area contributed by atoms with E-state index in [1.54, 1.807) is 18.4 Å². The van der Waals surface area contributed by atoms with Crippen molar-refractivity contribution in [2.75, 3.05) is 6.61 Å². The van der Waals surface area contributed by atoms with Crippen LogP contribution in [0, 0.1) is 5.92 Å². The average Bonchev–Trinajstić information content (AvgIpc) is 3.12. The number of furan rings is 1. The van der Waals surface area contributed by atoms with Gasteiger partial charge < -0.3 is 19.8 Å². The van der Waals surface area contributed by atoms with Crippen molar-refractivity contribution >= 4 is 11.8 Å². The van der Waals surface area contributed by atoms with Crippen molar-refractivity contribution in [3.05, 3.63) is 54.5 Å². The Kier molecular flexibility index (Phi) is 7.07. The predicted octanol–water partition coefficient (Wildman–Crippen LogP) is 2.51. The zero-order valence-electron chi connectivity index (χ0n) is 14.5. The van der Waals surface area contributed by atoms with Crippen molar-refractivity contribution in [1.29, 1.82) is 0 Å². The summed E-state index contributed by atoms with van der Waals surface area (Å²) in [7, 11) is 0. The Morgan fingerprint density at radius 2 is 1.88 bits per heavy atom. The number of carbonyl (C=O) groups is 2. The van der Waals surface area contributed by atoms with Gasteiger partial charge in [-0.3, -0.25) is 9.59 Å². The molecule has 0 saturated carbocycles. The van der Waals surface area contributed by atoms with E-state index < -0.39 is 6.04 Å². The van der Waals surface area contributed by atoms with Crippen LogP contribution in [0.2, 0.25) is 0 Å². The van der Waals surface area contributed by atoms with E-state index in [2.05, 4.69) is 10.6 Å². The highest BCUT2D eigenvalue weighted by Crippen LogP contribution is 2.09. The number of benzene rings is 1. The summed E-state index contributed by atoms with van der Waals surface area (Å²) >= 11 is 0. The van der Waals surface area contributed by atoms with Gasteiger partial charge in [0, 0.05) is 0 Å². The van der Waals surface area contributed by atoms with Crippen LogP contribution in [0.25, 0.3) is 0 Å². The third kappa shape index (κ3) is 6.33. The molecule has 2 N–H and O–H groups in total. The smallest absolute Gasteiger partial charge is 0.243 e. The Morgan fingerprint density at radius 1 is 1.12 bits per heavy atom. The average molecular weight is 344 g/mol. The van der Waals surface area contributed by atoms with Gasteiger partial charge in [0.2, 0.25) is 11.8 Å². The first kappa shape index (κ1) is 18.6. The fraction of sp³-hybridized carbons (Fsp3) is 0.368. The van der Waals surface area contributed by atoms with Gasteiger partial charge in [-0.2, -0.15) is 0 Å². The van der Waals surface area contributed by atoms with Crippen molar-refractivity contribution in [3.8, 4) is 5.75 Å². The molecule has 0 spiro atoms. The first-order valence-electron chi connectivity index (χ1n) is 8.33. The molecule has 6 nitrogen and oxygen atoms in total. The minimum atomic E-state index is -0.598. The number of rotatable bonds is 9. The monoisotopic (exact) mass is 344 g/mol. The van der Waals surface area contributed by atoms with Crippen LogP contribution in [0.1, 0.15) is 26.0 Å². The summed E-state index contributed by atoms with van der Waals surface area (Å²) in [4.78, 5) is 24.4. The van der Waals surface area contributed by atoms with Gasteiger partial charge in [-0.05, 0) is 30.2 Å². The van der Waals surface area contributed by atoms with Crippen LogP contribution in [0.4, 0.5) is 0 Å². The molecule has 0 saturated heterocycles. The Bertz CT molecular complexity index is 653.